The number of benzene rings is 2. The molecule has 1 heterocycles. The predicted octanol–water partition coefficient (Wildman–Crippen LogP) is 3.75. The lowest BCUT2D eigenvalue weighted by atomic mass is 10.2. The second-order valence-corrected chi connectivity index (χ2v) is 10.5. The van der Waals surface area contributed by atoms with Crippen LogP contribution in [0.3, 0.4) is 0 Å². The van der Waals surface area contributed by atoms with E-state index in [2.05, 4.69) is 25.6 Å². The number of aryl methyl sites for hydroxylation is 1. The van der Waals surface area contributed by atoms with E-state index in [1.54, 1.807) is 48.5 Å². The van der Waals surface area contributed by atoms with Gasteiger partial charge in [0.1, 0.15) is 5.01 Å². The number of carbonyl (C=O) groups is 2. The molecule has 0 saturated heterocycles. The van der Waals surface area contributed by atoms with Gasteiger partial charge < -0.3 is 5.32 Å². The standard InChI is InChI=1S/C23H27N5O4S2/c1-3-4-5-20(29)25-18-10-8-17(9-11-18)22(30)26-23-28-27-21(33-23)14-15-24-34(31,32)19-12-6-16(2)7-13-19/h6-13,24H,3-5,14-15H2,1-2H3,(H,25,29)(H,26,28,30). The summed E-state index contributed by atoms with van der Waals surface area (Å²) in [6, 6.07) is 13.2. The Morgan fingerprint density at radius 2 is 1.68 bits per heavy atom. The van der Waals surface area contributed by atoms with Crippen LogP contribution >= 0.6 is 11.3 Å². The van der Waals surface area contributed by atoms with Gasteiger partial charge >= 0.3 is 0 Å². The third-order valence-corrected chi connectivity index (χ3v) is 7.21. The van der Waals surface area contributed by atoms with Gasteiger partial charge in [0.2, 0.25) is 21.1 Å². The molecule has 0 atom stereocenters. The molecule has 2 amide bonds. The molecule has 3 rings (SSSR count). The molecule has 0 aliphatic carbocycles. The highest BCUT2D eigenvalue weighted by Crippen LogP contribution is 2.18. The van der Waals surface area contributed by atoms with Gasteiger partial charge in [-0.15, -0.1) is 10.2 Å². The zero-order valence-corrected chi connectivity index (χ0v) is 20.6. The summed E-state index contributed by atoms with van der Waals surface area (Å²) in [5.74, 6) is -0.409. The Balaban J connectivity index is 1.49. The normalized spacial score (nSPS) is 11.2. The van der Waals surface area contributed by atoms with Crippen LogP contribution in [0.15, 0.2) is 53.4 Å². The van der Waals surface area contributed by atoms with Crippen LogP contribution in [0.25, 0.3) is 0 Å². The molecule has 3 N–H and O–H groups in total. The molecule has 9 nitrogen and oxygen atoms in total. The van der Waals surface area contributed by atoms with E-state index in [9.17, 15) is 18.0 Å². The van der Waals surface area contributed by atoms with Gasteiger partial charge in [-0.3, -0.25) is 14.9 Å². The SMILES string of the molecule is CCCCC(=O)Nc1ccc(C(=O)Nc2nnc(CCNS(=O)(=O)c3ccc(C)cc3)s2)cc1. The second-order valence-electron chi connectivity index (χ2n) is 7.64. The Morgan fingerprint density at radius 3 is 2.35 bits per heavy atom. The van der Waals surface area contributed by atoms with Gasteiger partial charge in [-0.05, 0) is 49.7 Å². The number of unbranched alkanes of at least 4 members (excludes halogenated alkanes) is 1. The van der Waals surface area contributed by atoms with Crippen LogP contribution in [-0.2, 0) is 21.2 Å². The maximum absolute atomic E-state index is 12.5. The fourth-order valence-corrected chi connectivity index (χ4v) is 4.70. The monoisotopic (exact) mass is 501 g/mol. The lowest BCUT2D eigenvalue weighted by molar-refractivity contribution is -0.116. The highest BCUT2D eigenvalue weighted by Gasteiger charge is 2.15. The molecule has 0 aliphatic rings. The molecule has 0 bridgehead atoms. The molecule has 2 aromatic carbocycles. The summed E-state index contributed by atoms with van der Waals surface area (Å²) in [5, 5.41) is 14.4. The third-order valence-electron chi connectivity index (χ3n) is 4.84. The zero-order valence-electron chi connectivity index (χ0n) is 19.0. The van der Waals surface area contributed by atoms with Gasteiger partial charge in [0.05, 0.1) is 4.90 Å². The van der Waals surface area contributed by atoms with Crippen LogP contribution in [0.5, 0.6) is 0 Å². The molecule has 180 valence electrons. The lowest BCUT2D eigenvalue weighted by Crippen LogP contribution is -2.25. The van der Waals surface area contributed by atoms with Crippen molar-refractivity contribution >= 4 is 44.0 Å². The summed E-state index contributed by atoms with van der Waals surface area (Å²) in [4.78, 5) is 24.5. The van der Waals surface area contributed by atoms with Gasteiger partial charge in [0.25, 0.3) is 5.91 Å². The maximum atomic E-state index is 12.5. The van der Waals surface area contributed by atoms with Crippen molar-refractivity contribution in [2.24, 2.45) is 0 Å². The first-order valence-corrected chi connectivity index (χ1v) is 13.2. The topological polar surface area (TPSA) is 130 Å². The number of carbonyl (C=O) groups excluding carboxylic acids is 2. The van der Waals surface area contributed by atoms with Gasteiger partial charge in [-0.25, -0.2) is 13.1 Å². The molecule has 11 heteroatoms. The van der Waals surface area contributed by atoms with E-state index in [1.807, 2.05) is 13.8 Å². The summed E-state index contributed by atoms with van der Waals surface area (Å²) in [7, 11) is -3.60. The lowest BCUT2D eigenvalue weighted by Gasteiger charge is -2.06. The van der Waals surface area contributed by atoms with Crippen molar-refractivity contribution in [3.63, 3.8) is 0 Å². The highest BCUT2D eigenvalue weighted by molar-refractivity contribution is 7.89. The second kappa shape index (κ2) is 11.8. The van der Waals surface area contributed by atoms with E-state index < -0.39 is 10.0 Å². The smallest absolute Gasteiger partial charge is 0.257 e. The van der Waals surface area contributed by atoms with Crippen molar-refractivity contribution in [2.75, 3.05) is 17.2 Å². The minimum atomic E-state index is -3.60. The van der Waals surface area contributed by atoms with E-state index in [0.717, 1.165) is 18.4 Å². The summed E-state index contributed by atoms with van der Waals surface area (Å²) in [6.45, 7) is 4.07. The average Bonchev–Trinajstić information content (AvgIpc) is 3.25. The number of nitrogens with zero attached hydrogens (tertiary/aromatic N) is 2. The minimum absolute atomic E-state index is 0.0541. The predicted molar refractivity (Wildman–Crippen MR) is 133 cm³/mol. The number of hydrogen-bond donors (Lipinski definition) is 3. The van der Waals surface area contributed by atoms with Crippen molar-refractivity contribution in [3.05, 3.63) is 64.7 Å². The van der Waals surface area contributed by atoms with Crippen LogP contribution in [0.2, 0.25) is 0 Å². The Kier molecular flexibility index (Phi) is 8.85. The van der Waals surface area contributed by atoms with Crippen LogP contribution in [0.1, 0.15) is 47.1 Å². The first kappa shape index (κ1) is 25.5. The van der Waals surface area contributed by atoms with Crippen LogP contribution in [-0.4, -0.2) is 37.0 Å². The van der Waals surface area contributed by atoms with Crippen molar-refractivity contribution in [1.29, 1.82) is 0 Å². The van der Waals surface area contributed by atoms with Crippen molar-refractivity contribution in [3.8, 4) is 0 Å². The largest absolute Gasteiger partial charge is 0.326 e. The van der Waals surface area contributed by atoms with Crippen LogP contribution in [0.4, 0.5) is 10.8 Å². The van der Waals surface area contributed by atoms with E-state index >= 15 is 0 Å². The first-order valence-electron chi connectivity index (χ1n) is 10.9. The van der Waals surface area contributed by atoms with Crippen molar-refractivity contribution < 1.29 is 18.0 Å². The average molecular weight is 502 g/mol. The van der Waals surface area contributed by atoms with Crippen molar-refractivity contribution in [2.45, 2.75) is 44.4 Å². The molecule has 0 fully saturated rings. The summed E-state index contributed by atoms with van der Waals surface area (Å²) < 4.78 is 27.2. The summed E-state index contributed by atoms with van der Waals surface area (Å²) in [5.41, 5.74) is 2.02. The van der Waals surface area contributed by atoms with Gasteiger partial charge in [-0.2, -0.15) is 0 Å². The fourth-order valence-electron chi connectivity index (χ4n) is 2.93. The van der Waals surface area contributed by atoms with Gasteiger partial charge in [0, 0.05) is 30.6 Å². The fraction of sp³-hybridized carbons (Fsp3) is 0.304. The quantitative estimate of drug-likeness (QED) is 0.367. The maximum Gasteiger partial charge on any atom is 0.257 e. The van der Waals surface area contributed by atoms with Crippen molar-refractivity contribution in [1.82, 2.24) is 14.9 Å². The van der Waals surface area contributed by atoms with E-state index in [-0.39, 0.29) is 23.3 Å². The Morgan fingerprint density at radius 1 is 0.971 bits per heavy atom. The van der Waals surface area contributed by atoms with Crippen LogP contribution < -0.4 is 15.4 Å². The number of anilines is 2. The zero-order chi connectivity index (χ0) is 24.6. The van der Waals surface area contributed by atoms with Crippen LogP contribution in [0, 0.1) is 6.92 Å². The first-order chi connectivity index (χ1) is 16.3. The van der Waals surface area contributed by atoms with E-state index in [1.165, 1.54) is 11.3 Å². The van der Waals surface area contributed by atoms with E-state index in [4.69, 9.17) is 0 Å². The molecule has 0 saturated carbocycles. The number of hydrogen-bond acceptors (Lipinski definition) is 7. The van der Waals surface area contributed by atoms with E-state index in [0.29, 0.717) is 34.2 Å². The Hall–Kier alpha value is -3.15. The number of aromatic nitrogens is 2. The molecule has 3 aromatic rings. The number of amides is 2. The number of rotatable bonds is 11. The molecule has 0 unspecified atom stereocenters. The Labute approximate surface area is 203 Å². The van der Waals surface area contributed by atoms with Gasteiger partial charge in [-0.1, -0.05) is 42.4 Å². The van der Waals surface area contributed by atoms with Gasteiger partial charge in [0.15, 0.2) is 0 Å². The minimum Gasteiger partial charge on any atom is -0.326 e. The summed E-state index contributed by atoms with van der Waals surface area (Å²) in [6.07, 6.45) is 2.58. The third kappa shape index (κ3) is 7.44. The summed E-state index contributed by atoms with van der Waals surface area (Å²) >= 11 is 1.18. The molecule has 0 aliphatic heterocycles. The number of sulfonamides is 1. The highest BCUT2D eigenvalue weighted by atomic mass is 32.2. The Bertz CT molecular complexity index is 1220. The molecular formula is C23H27N5O4S2. The molecule has 34 heavy (non-hydrogen) atoms. The number of nitrogens with one attached hydrogen (secondary N) is 3. The molecule has 1 aromatic heterocycles. The molecule has 0 spiro atoms. The molecule has 0 radical (unpaired) electrons. The molecular weight excluding hydrogens is 474 g/mol.